The molecule has 1 rings (SSSR count). The Morgan fingerprint density at radius 2 is 1.19 bits per heavy atom. The van der Waals surface area contributed by atoms with Gasteiger partial charge in [0, 0.05) is 0 Å². The Morgan fingerprint density at radius 1 is 0.762 bits per heavy atom. The molecule has 1 aromatic rings. The summed E-state index contributed by atoms with van der Waals surface area (Å²) in [5.41, 5.74) is 0. The van der Waals surface area contributed by atoms with Gasteiger partial charge < -0.3 is 0 Å². The van der Waals surface area contributed by atoms with Crippen LogP contribution in [0.3, 0.4) is 0 Å². The molecule has 0 bridgehead atoms. The lowest BCUT2D eigenvalue weighted by Crippen LogP contribution is -2.55. The van der Waals surface area contributed by atoms with Gasteiger partial charge in [0.2, 0.25) is 0 Å². The van der Waals surface area contributed by atoms with E-state index >= 15 is 0 Å². The van der Waals surface area contributed by atoms with E-state index < -0.39 is 23.2 Å². The first kappa shape index (κ1) is 19.3. The summed E-state index contributed by atoms with van der Waals surface area (Å²) in [5.74, 6) is 0. The highest BCUT2D eigenvalue weighted by molar-refractivity contribution is 8.38. The van der Waals surface area contributed by atoms with E-state index in [0.29, 0.717) is 5.04 Å². The van der Waals surface area contributed by atoms with Crippen molar-refractivity contribution in [2.75, 3.05) is 0 Å². The van der Waals surface area contributed by atoms with Gasteiger partial charge in [0.1, 0.15) is 0 Å². The lowest BCUT2D eigenvalue weighted by molar-refractivity contribution is 0.736. The van der Waals surface area contributed by atoms with Crippen LogP contribution in [-0.4, -0.2) is 23.2 Å². The van der Waals surface area contributed by atoms with Gasteiger partial charge >= 0.3 is 0 Å². The van der Waals surface area contributed by atoms with Gasteiger partial charge in [-0.25, -0.2) is 0 Å². The molecule has 0 spiro atoms. The summed E-state index contributed by atoms with van der Waals surface area (Å²) in [7, 11) is -3.86. The molecule has 1 unspecified atom stereocenters. The molecule has 0 heterocycles. The van der Waals surface area contributed by atoms with Crippen molar-refractivity contribution in [3.05, 3.63) is 30.3 Å². The van der Waals surface area contributed by atoms with Gasteiger partial charge in [0.25, 0.3) is 0 Å². The number of rotatable bonds is 4. The smallest absolute Gasteiger partial charge is 0.0992 e. The van der Waals surface area contributed by atoms with Crippen LogP contribution >= 0.6 is 6.57 Å². The fourth-order valence-corrected chi connectivity index (χ4v) is 79.0. The Kier molecular flexibility index (Phi) is 5.59. The molecule has 0 radical (unpaired) electrons. The molecule has 0 aliphatic heterocycles. The van der Waals surface area contributed by atoms with E-state index in [9.17, 15) is 0 Å². The van der Waals surface area contributed by atoms with Crippen molar-refractivity contribution in [1.29, 1.82) is 0 Å². The predicted octanol–water partition coefficient (Wildman–Crippen LogP) is 6.42. The minimum Gasteiger partial charge on any atom is -0.135 e. The summed E-state index contributed by atoms with van der Waals surface area (Å²) in [5, 5.41) is 2.18. The highest BCUT2D eigenvalue weighted by Crippen LogP contribution is 2.67. The molecule has 0 saturated heterocycles. The van der Waals surface area contributed by atoms with Crippen molar-refractivity contribution in [2.45, 2.75) is 71.6 Å². The molecule has 0 saturated carbocycles. The van der Waals surface area contributed by atoms with Crippen LogP contribution in [0.4, 0.5) is 0 Å². The molecule has 0 aliphatic carbocycles. The Balaban J connectivity index is 3.47. The topological polar surface area (TPSA) is 0 Å². The molecule has 21 heavy (non-hydrogen) atoms. The van der Waals surface area contributed by atoms with Crippen molar-refractivity contribution in [1.82, 2.24) is 0 Å². The summed E-state index contributed by atoms with van der Waals surface area (Å²) in [4.78, 5) is 0. The van der Waals surface area contributed by atoms with E-state index in [2.05, 4.69) is 96.9 Å². The fourth-order valence-electron chi connectivity index (χ4n) is 3.69. The average Bonchev–Trinajstić information content (AvgIpc) is 2.25. The number of hydrogen-bond acceptors (Lipinski definition) is 0. The Bertz CT molecular complexity index is 467. The molecule has 1 aromatic carbocycles. The zero-order valence-corrected chi connectivity index (χ0v) is 19.7. The SMILES string of the molecule is CC(C)(C)[Si](C)(C)P([Si](C)(C)C)[Si](C)(C)c1ccccc1. The summed E-state index contributed by atoms with van der Waals surface area (Å²) in [6, 6.07) is 11.5. The minimum atomic E-state index is -1.40. The second-order valence-electron chi connectivity index (χ2n) is 9.24. The largest absolute Gasteiger partial charge is 0.135 e. The molecule has 0 N–H and O–H groups in total. The Morgan fingerprint density at radius 3 is 1.52 bits per heavy atom. The molecule has 0 fully saturated rings. The third-order valence-corrected chi connectivity index (χ3v) is 59.8. The highest BCUT2D eigenvalue weighted by atomic mass is 31.8. The number of hydrogen-bond donors (Lipinski definition) is 0. The van der Waals surface area contributed by atoms with Crippen LogP contribution in [0.1, 0.15) is 20.8 Å². The molecule has 0 amide bonds. The normalized spacial score (nSPS) is 15.9. The van der Waals surface area contributed by atoms with Crippen molar-refractivity contribution >= 4 is 35.0 Å². The third-order valence-electron chi connectivity index (χ3n) is 5.10. The van der Waals surface area contributed by atoms with Gasteiger partial charge in [-0.15, -0.1) is 6.57 Å². The molecule has 4 heteroatoms. The van der Waals surface area contributed by atoms with E-state index in [4.69, 9.17) is 0 Å². The summed E-state index contributed by atoms with van der Waals surface area (Å²) in [6.07, 6.45) is 0. The van der Waals surface area contributed by atoms with Crippen LogP contribution in [0.2, 0.25) is 50.9 Å². The van der Waals surface area contributed by atoms with Gasteiger partial charge in [-0.05, 0) is 5.04 Å². The predicted molar refractivity (Wildman–Crippen MR) is 111 cm³/mol. The van der Waals surface area contributed by atoms with Crippen molar-refractivity contribution in [2.24, 2.45) is 0 Å². The maximum atomic E-state index is 2.69. The maximum Gasteiger partial charge on any atom is 0.0992 e. The minimum absolute atomic E-state index is 0.164. The molecule has 120 valence electrons. The van der Waals surface area contributed by atoms with E-state index in [1.165, 1.54) is 0 Å². The summed E-state index contributed by atoms with van der Waals surface area (Å²) < 4.78 is 0. The lowest BCUT2D eigenvalue weighted by Gasteiger charge is -2.55. The Hall–Kier alpha value is 0.301. The van der Waals surface area contributed by atoms with E-state index in [1.54, 1.807) is 5.19 Å². The second-order valence-corrected chi connectivity index (χ2v) is 41.3. The highest BCUT2D eigenvalue weighted by Gasteiger charge is 2.54. The van der Waals surface area contributed by atoms with Crippen LogP contribution in [0.15, 0.2) is 30.3 Å². The van der Waals surface area contributed by atoms with Crippen LogP contribution in [-0.2, 0) is 0 Å². The van der Waals surface area contributed by atoms with Crippen LogP contribution < -0.4 is 5.19 Å². The van der Waals surface area contributed by atoms with Crippen LogP contribution in [0, 0.1) is 0 Å². The molecule has 0 aromatic heterocycles. The van der Waals surface area contributed by atoms with Gasteiger partial charge in [-0.3, -0.25) is 0 Å². The van der Waals surface area contributed by atoms with Gasteiger partial charge in [-0.2, -0.15) is 0 Å². The standard InChI is InChI=1S/C17H35PSi3/c1-17(2,3)21(9,10)18(19(4,5)6)20(7,8)16-14-12-11-13-15-16/h11-15H,1-10H3. The zero-order chi connectivity index (χ0) is 16.7. The molecular weight excluding hydrogens is 319 g/mol. The van der Waals surface area contributed by atoms with Crippen molar-refractivity contribution in [3.8, 4) is 0 Å². The molecular formula is C17H35PSi3. The first-order valence-corrected chi connectivity index (χ1v) is 21.4. The van der Waals surface area contributed by atoms with Gasteiger partial charge in [0.05, 0.1) is 23.2 Å². The number of benzene rings is 1. The quantitative estimate of drug-likeness (QED) is 0.432. The summed E-state index contributed by atoms with van der Waals surface area (Å²) >= 11 is 0. The average molecular weight is 355 g/mol. The van der Waals surface area contributed by atoms with E-state index in [1.807, 2.05) is 0 Å². The van der Waals surface area contributed by atoms with Crippen LogP contribution in [0.25, 0.3) is 0 Å². The summed E-state index contributed by atoms with van der Waals surface area (Å²) in [6.45, 7) is 26.3. The maximum absolute atomic E-state index is 2.69. The monoisotopic (exact) mass is 354 g/mol. The van der Waals surface area contributed by atoms with E-state index in [0.717, 1.165) is 0 Å². The first-order valence-electron chi connectivity index (χ1n) is 8.08. The fraction of sp³-hybridized carbons (Fsp3) is 0.647. The lowest BCUT2D eigenvalue weighted by atomic mass is 10.2. The first-order chi connectivity index (χ1) is 9.22. The second kappa shape index (κ2) is 6.07. The Labute approximate surface area is 137 Å². The third kappa shape index (κ3) is 3.99. The van der Waals surface area contributed by atoms with Gasteiger partial charge in [0.15, 0.2) is 0 Å². The molecule has 0 nitrogen and oxygen atoms in total. The van der Waals surface area contributed by atoms with E-state index in [-0.39, 0.29) is 6.57 Å². The van der Waals surface area contributed by atoms with Crippen LogP contribution in [0.5, 0.6) is 0 Å². The van der Waals surface area contributed by atoms with Crippen molar-refractivity contribution in [3.63, 3.8) is 0 Å². The zero-order valence-electron chi connectivity index (χ0n) is 15.8. The molecule has 0 aliphatic rings. The molecule has 1 atom stereocenters. The van der Waals surface area contributed by atoms with Crippen molar-refractivity contribution < 1.29 is 0 Å². The van der Waals surface area contributed by atoms with Gasteiger partial charge in [-0.1, -0.05) is 102 Å².